The summed E-state index contributed by atoms with van der Waals surface area (Å²) in [6.07, 6.45) is 5.71. The van der Waals surface area contributed by atoms with Crippen molar-refractivity contribution < 1.29 is 14.3 Å². The zero-order valence-electron chi connectivity index (χ0n) is 12.9. The molecule has 1 amide bonds. The smallest absolute Gasteiger partial charge is 0.306 e. The van der Waals surface area contributed by atoms with Gasteiger partial charge in [-0.05, 0) is 64.2 Å². The zero-order valence-corrected chi connectivity index (χ0v) is 12.9. The molecule has 2 saturated carbocycles. The van der Waals surface area contributed by atoms with E-state index in [0.29, 0.717) is 5.92 Å². The lowest BCUT2D eigenvalue weighted by atomic mass is 9.98. The van der Waals surface area contributed by atoms with Crippen molar-refractivity contribution in [2.45, 2.75) is 64.9 Å². The molecule has 0 aliphatic heterocycles. The SMILES string of the molecule is CC(C)(C)OC(=O)CCC(=O)NCC(C1CC1)C1CC1. The number of carbonyl (C=O) groups is 2. The Morgan fingerprint density at radius 3 is 2.10 bits per heavy atom. The molecule has 2 aliphatic carbocycles. The second kappa shape index (κ2) is 6.15. The molecule has 0 aromatic carbocycles. The maximum absolute atomic E-state index is 11.8. The minimum Gasteiger partial charge on any atom is -0.460 e. The summed E-state index contributed by atoms with van der Waals surface area (Å²) in [7, 11) is 0. The minimum absolute atomic E-state index is 0.0258. The van der Waals surface area contributed by atoms with E-state index >= 15 is 0 Å². The Labute approximate surface area is 121 Å². The average molecular weight is 281 g/mol. The molecule has 20 heavy (non-hydrogen) atoms. The lowest BCUT2D eigenvalue weighted by molar-refractivity contribution is -0.155. The Hall–Kier alpha value is -1.06. The van der Waals surface area contributed by atoms with Crippen molar-refractivity contribution in [2.24, 2.45) is 17.8 Å². The van der Waals surface area contributed by atoms with Crippen molar-refractivity contribution in [2.75, 3.05) is 6.54 Å². The Kier molecular flexibility index (Phi) is 4.71. The van der Waals surface area contributed by atoms with Gasteiger partial charge in [-0.25, -0.2) is 0 Å². The molecule has 0 aromatic rings. The molecule has 0 atom stereocenters. The first-order valence-electron chi connectivity index (χ1n) is 7.84. The van der Waals surface area contributed by atoms with Crippen molar-refractivity contribution >= 4 is 11.9 Å². The Bertz CT molecular complexity index is 352. The first kappa shape index (κ1) is 15.3. The van der Waals surface area contributed by atoms with Crippen molar-refractivity contribution in [3.8, 4) is 0 Å². The van der Waals surface area contributed by atoms with E-state index in [9.17, 15) is 9.59 Å². The topological polar surface area (TPSA) is 55.4 Å². The summed E-state index contributed by atoms with van der Waals surface area (Å²) >= 11 is 0. The summed E-state index contributed by atoms with van der Waals surface area (Å²) in [6.45, 7) is 6.30. The lowest BCUT2D eigenvalue weighted by Gasteiger charge is -2.19. The quantitative estimate of drug-likeness (QED) is 0.730. The van der Waals surface area contributed by atoms with Gasteiger partial charge in [-0.15, -0.1) is 0 Å². The maximum atomic E-state index is 11.8. The van der Waals surface area contributed by atoms with E-state index in [1.54, 1.807) is 0 Å². The van der Waals surface area contributed by atoms with Crippen LogP contribution in [0.3, 0.4) is 0 Å². The van der Waals surface area contributed by atoms with Crippen molar-refractivity contribution in [1.82, 2.24) is 5.32 Å². The molecule has 114 valence electrons. The van der Waals surface area contributed by atoms with E-state index < -0.39 is 5.60 Å². The number of nitrogens with one attached hydrogen (secondary N) is 1. The number of amides is 1. The second-order valence-electron chi connectivity index (χ2n) is 7.23. The normalized spacial score (nSPS) is 19.0. The van der Waals surface area contributed by atoms with Crippen LogP contribution in [0.1, 0.15) is 59.3 Å². The number of ether oxygens (including phenoxy) is 1. The van der Waals surface area contributed by atoms with Crippen molar-refractivity contribution in [3.63, 3.8) is 0 Å². The molecule has 4 heteroatoms. The van der Waals surface area contributed by atoms with Crippen molar-refractivity contribution in [1.29, 1.82) is 0 Å². The van der Waals surface area contributed by atoms with Gasteiger partial charge in [0.15, 0.2) is 0 Å². The van der Waals surface area contributed by atoms with Gasteiger partial charge in [0, 0.05) is 13.0 Å². The third-order valence-corrected chi connectivity index (χ3v) is 3.97. The molecule has 2 rings (SSSR count). The molecule has 0 radical (unpaired) electrons. The van der Waals surface area contributed by atoms with Crippen LogP contribution in [-0.4, -0.2) is 24.0 Å². The van der Waals surface area contributed by atoms with Crippen LogP contribution in [0.2, 0.25) is 0 Å². The molecule has 0 spiro atoms. The Morgan fingerprint density at radius 2 is 1.65 bits per heavy atom. The largest absolute Gasteiger partial charge is 0.460 e. The monoisotopic (exact) mass is 281 g/mol. The highest BCUT2D eigenvalue weighted by atomic mass is 16.6. The summed E-state index contributed by atoms with van der Waals surface area (Å²) in [6, 6.07) is 0. The molecule has 0 unspecified atom stereocenters. The van der Waals surface area contributed by atoms with Gasteiger partial charge in [-0.1, -0.05) is 0 Å². The second-order valence-corrected chi connectivity index (χ2v) is 7.23. The van der Waals surface area contributed by atoms with Crippen molar-refractivity contribution in [3.05, 3.63) is 0 Å². The van der Waals surface area contributed by atoms with E-state index in [4.69, 9.17) is 4.74 Å². The van der Waals surface area contributed by atoms with Gasteiger partial charge in [-0.2, -0.15) is 0 Å². The van der Waals surface area contributed by atoms with Gasteiger partial charge in [0.2, 0.25) is 5.91 Å². The summed E-state index contributed by atoms with van der Waals surface area (Å²) in [5, 5.41) is 3.00. The van der Waals surface area contributed by atoms with Gasteiger partial charge in [0.1, 0.15) is 5.60 Å². The van der Waals surface area contributed by atoms with Gasteiger partial charge < -0.3 is 10.1 Å². The fourth-order valence-corrected chi connectivity index (χ4v) is 2.70. The number of hydrogen-bond donors (Lipinski definition) is 1. The highest BCUT2D eigenvalue weighted by Crippen LogP contribution is 2.48. The number of carbonyl (C=O) groups excluding carboxylic acids is 2. The van der Waals surface area contributed by atoms with Crippen LogP contribution in [0.25, 0.3) is 0 Å². The van der Waals surface area contributed by atoms with Crippen LogP contribution < -0.4 is 5.32 Å². The lowest BCUT2D eigenvalue weighted by Crippen LogP contribution is -2.32. The maximum Gasteiger partial charge on any atom is 0.306 e. The van der Waals surface area contributed by atoms with Crippen LogP contribution >= 0.6 is 0 Å². The summed E-state index contributed by atoms with van der Waals surface area (Å²) < 4.78 is 5.19. The molecule has 0 heterocycles. The van der Waals surface area contributed by atoms with Gasteiger partial charge in [0.25, 0.3) is 0 Å². The molecule has 2 aliphatic rings. The first-order valence-corrected chi connectivity index (χ1v) is 7.84. The molecule has 0 aromatic heterocycles. The van der Waals surface area contributed by atoms with E-state index in [1.807, 2.05) is 20.8 Å². The molecule has 4 nitrogen and oxygen atoms in total. The fraction of sp³-hybridized carbons (Fsp3) is 0.875. The van der Waals surface area contributed by atoms with Gasteiger partial charge >= 0.3 is 5.97 Å². The third kappa shape index (κ3) is 5.51. The van der Waals surface area contributed by atoms with Gasteiger partial charge in [0.05, 0.1) is 6.42 Å². The summed E-state index contributed by atoms with van der Waals surface area (Å²) in [5.41, 5.74) is -0.476. The molecule has 1 N–H and O–H groups in total. The Balaban J connectivity index is 1.61. The first-order chi connectivity index (χ1) is 9.35. The number of esters is 1. The van der Waals surface area contributed by atoms with Crippen LogP contribution in [0, 0.1) is 17.8 Å². The predicted octanol–water partition coefficient (Wildman–Crippen LogP) is 2.66. The number of hydrogen-bond acceptors (Lipinski definition) is 3. The highest BCUT2D eigenvalue weighted by molar-refractivity contribution is 5.81. The van der Waals surface area contributed by atoms with Crippen LogP contribution in [0.5, 0.6) is 0 Å². The van der Waals surface area contributed by atoms with E-state index in [-0.39, 0.29) is 24.7 Å². The molecule has 0 bridgehead atoms. The van der Waals surface area contributed by atoms with Gasteiger partial charge in [-0.3, -0.25) is 9.59 Å². The average Bonchev–Trinajstić information content (AvgIpc) is 3.16. The third-order valence-electron chi connectivity index (χ3n) is 3.97. The zero-order chi connectivity index (χ0) is 14.8. The van der Waals surface area contributed by atoms with Crippen LogP contribution in [0.15, 0.2) is 0 Å². The number of rotatable bonds is 7. The summed E-state index contributed by atoms with van der Waals surface area (Å²) in [5.74, 6) is 2.04. The predicted molar refractivity (Wildman–Crippen MR) is 77.0 cm³/mol. The standard InChI is InChI=1S/C16H27NO3/c1-16(2,3)20-15(19)9-8-14(18)17-10-13(11-4-5-11)12-6-7-12/h11-13H,4-10H2,1-3H3,(H,17,18). The van der Waals surface area contributed by atoms with E-state index in [2.05, 4.69) is 5.32 Å². The van der Waals surface area contributed by atoms with E-state index in [1.165, 1.54) is 25.7 Å². The fourth-order valence-electron chi connectivity index (χ4n) is 2.70. The summed E-state index contributed by atoms with van der Waals surface area (Å²) in [4.78, 5) is 23.3. The van der Waals surface area contributed by atoms with Crippen LogP contribution in [-0.2, 0) is 14.3 Å². The van der Waals surface area contributed by atoms with E-state index in [0.717, 1.165) is 18.4 Å². The molecule has 0 saturated heterocycles. The minimum atomic E-state index is -0.476. The van der Waals surface area contributed by atoms with Crippen LogP contribution in [0.4, 0.5) is 0 Å². The molecular weight excluding hydrogens is 254 g/mol. The highest BCUT2D eigenvalue weighted by Gasteiger charge is 2.41. The molecular formula is C16H27NO3. The molecule has 2 fully saturated rings. The Morgan fingerprint density at radius 1 is 1.10 bits per heavy atom.